The lowest BCUT2D eigenvalue weighted by atomic mass is 9.91. The third kappa shape index (κ3) is 6.85. The van der Waals surface area contributed by atoms with Gasteiger partial charge in [-0.15, -0.1) is 0 Å². The minimum absolute atomic E-state index is 0.0951. The van der Waals surface area contributed by atoms with Gasteiger partial charge in [-0.3, -0.25) is 19.3 Å². The number of amides is 3. The summed E-state index contributed by atoms with van der Waals surface area (Å²) in [6.07, 6.45) is 1.15. The number of carbonyl (C=O) groups is 3. The first-order valence-electron chi connectivity index (χ1n) is 10.4. The van der Waals surface area contributed by atoms with E-state index >= 15 is 0 Å². The van der Waals surface area contributed by atoms with Gasteiger partial charge in [-0.1, -0.05) is 20.8 Å². The summed E-state index contributed by atoms with van der Waals surface area (Å²) in [6.45, 7) is 12.0. The maximum absolute atomic E-state index is 13.0. The van der Waals surface area contributed by atoms with E-state index in [0.29, 0.717) is 29.8 Å². The summed E-state index contributed by atoms with van der Waals surface area (Å²) in [5.41, 5.74) is 1.33. The Hall–Kier alpha value is -2.41. The van der Waals surface area contributed by atoms with Crippen LogP contribution in [-0.2, 0) is 14.4 Å². The van der Waals surface area contributed by atoms with Gasteiger partial charge < -0.3 is 15.5 Å². The molecule has 2 N–H and O–H groups in total. The first-order valence-corrected chi connectivity index (χ1v) is 10.4. The molecule has 1 aliphatic heterocycles. The standard InChI is InChI=1S/C22H34N4O3/c1-6-25(17(4)22(29)26-12-15(2)11-16(3)13-26)14-21(28)24-20-9-7-19(8-10-20)23-18(5)27/h7-10,15-17H,6,11-14H2,1-5H3,(H,23,27)(H,24,28)/t15-,16+,17-/m1/s1. The number of piperidine rings is 1. The lowest BCUT2D eigenvalue weighted by Gasteiger charge is -2.38. The van der Waals surface area contributed by atoms with Gasteiger partial charge in [0.2, 0.25) is 17.7 Å². The normalized spacial score (nSPS) is 20.3. The maximum atomic E-state index is 13.0. The lowest BCUT2D eigenvalue weighted by molar-refractivity contribution is -0.139. The van der Waals surface area contributed by atoms with Crippen molar-refractivity contribution in [3.05, 3.63) is 24.3 Å². The first kappa shape index (κ1) is 22.9. The summed E-state index contributed by atoms with van der Waals surface area (Å²) >= 11 is 0. The molecular formula is C22H34N4O3. The zero-order valence-electron chi connectivity index (χ0n) is 18.2. The second-order valence-corrected chi connectivity index (χ2v) is 8.24. The number of nitrogens with zero attached hydrogens (tertiary/aromatic N) is 2. The molecule has 29 heavy (non-hydrogen) atoms. The van der Waals surface area contributed by atoms with Crippen LogP contribution in [0.3, 0.4) is 0 Å². The second-order valence-electron chi connectivity index (χ2n) is 8.24. The van der Waals surface area contributed by atoms with E-state index in [1.165, 1.54) is 6.92 Å². The quantitative estimate of drug-likeness (QED) is 0.735. The molecule has 0 aliphatic carbocycles. The van der Waals surface area contributed by atoms with E-state index < -0.39 is 0 Å². The van der Waals surface area contributed by atoms with E-state index in [-0.39, 0.29) is 30.3 Å². The Kier molecular flexibility index (Phi) is 8.20. The fourth-order valence-electron chi connectivity index (χ4n) is 4.01. The molecule has 0 bridgehead atoms. The predicted molar refractivity (Wildman–Crippen MR) is 116 cm³/mol. The maximum Gasteiger partial charge on any atom is 0.239 e. The van der Waals surface area contributed by atoms with Crippen LogP contribution in [-0.4, -0.2) is 59.7 Å². The number of anilines is 2. The van der Waals surface area contributed by atoms with E-state index in [0.717, 1.165) is 19.5 Å². The average molecular weight is 403 g/mol. The summed E-state index contributed by atoms with van der Waals surface area (Å²) in [7, 11) is 0. The topological polar surface area (TPSA) is 81.8 Å². The highest BCUT2D eigenvalue weighted by Crippen LogP contribution is 2.22. The highest BCUT2D eigenvalue weighted by atomic mass is 16.2. The second kappa shape index (κ2) is 10.4. The summed E-state index contributed by atoms with van der Waals surface area (Å²) in [5.74, 6) is 0.802. The minimum Gasteiger partial charge on any atom is -0.341 e. The number of hydrogen-bond acceptors (Lipinski definition) is 4. The molecule has 7 heteroatoms. The molecule has 0 unspecified atom stereocenters. The van der Waals surface area contributed by atoms with E-state index in [1.54, 1.807) is 24.3 Å². The summed E-state index contributed by atoms with van der Waals surface area (Å²) in [5, 5.41) is 5.55. The number of carbonyl (C=O) groups excluding carboxylic acids is 3. The van der Waals surface area contributed by atoms with Gasteiger partial charge in [0, 0.05) is 31.4 Å². The molecule has 1 aromatic rings. The molecule has 1 saturated heterocycles. The average Bonchev–Trinajstić information content (AvgIpc) is 2.65. The van der Waals surface area contributed by atoms with E-state index in [2.05, 4.69) is 24.5 Å². The molecule has 3 amide bonds. The molecule has 0 saturated carbocycles. The number of benzene rings is 1. The summed E-state index contributed by atoms with van der Waals surface area (Å²) in [4.78, 5) is 40.4. The molecule has 1 aliphatic rings. The molecule has 1 aromatic carbocycles. The van der Waals surface area contributed by atoms with Gasteiger partial charge >= 0.3 is 0 Å². The molecule has 2 rings (SSSR count). The minimum atomic E-state index is -0.342. The van der Waals surface area contributed by atoms with Crippen LogP contribution >= 0.6 is 0 Å². The third-order valence-electron chi connectivity index (χ3n) is 5.33. The fraction of sp³-hybridized carbons (Fsp3) is 0.591. The van der Waals surface area contributed by atoms with Crippen molar-refractivity contribution in [3.8, 4) is 0 Å². The molecule has 3 atom stereocenters. The van der Waals surface area contributed by atoms with Crippen molar-refractivity contribution in [2.24, 2.45) is 11.8 Å². The number of likely N-dealkylation sites (N-methyl/N-ethyl adjacent to an activating group) is 1. The fourth-order valence-corrected chi connectivity index (χ4v) is 4.01. The van der Waals surface area contributed by atoms with Crippen molar-refractivity contribution >= 4 is 29.1 Å². The van der Waals surface area contributed by atoms with Gasteiger partial charge in [0.1, 0.15) is 0 Å². The van der Waals surface area contributed by atoms with Gasteiger partial charge in [-0.05, 0) is 56.0 Å². The van der Waals surface area contributed by atoms with Crippen molar-refractivity contribution in [2.45, 2.75) is 47.1 Å². The molecule has 0 aromatic heterocycles. The van der Waals surface area contributed by atoms with Gasteiger partial charge in [0.15, 0.2) is 0 Å². The first-order chi connectivity index (χ1) is 13.7. The highest BCUT2D eigenvalue weighted by Gasteiger charge is 2.31. The zero-order valence-corrected chi connectivity index (χ0v) is 18.2. The number of likely N-dealkylation sites (tertiary alicyclic amines) is 1. The third-order valence-corrected chi connectivity index (χ3v) is 5.33. The Bertz CT molecular complexity index is 709. The van der Waals surface area contributed by atoms with Crippen molar-refractivity contribution in [1.82, 2.24) is 9.80 Å². The lowest BCUT2D eigenvalue weighted by Crippen LogP contribution is -2.52. The molecule has 0 spiro atoms. The van der Waals surface area contributed by atoms with Gasteiger partial charge in [-0.25, -0.2) is 0 Å². The van der Waals surface area contributed by atoms with Gasteiger partial charge in [0.25, 0.3) is 0 Å². The van der Waals surface area contributed by atoms with Crippen molar-refractivity contribution in [1.29, 1.82) is 0 Å². The summed E-state index contributed by atoms with van der Waals surface area (Å²) < 4.78 is 0. The monoisotopic (exact) mass is 402 g/mol. The number of rotatable bonds is 7. The largest absolute Gasteiger partial charge is 0.341 e. The van der Waals surface area contributed by atoms with Gasteiger partial charge in [0.05, 0.1) is 12.6 Å². The highest BCUT2D eigenvalue weighted by molar-refractivity contribution is 5.93. The Labute approximate surface area is 173 Å². The van der Waals surface area contributed by atoms with Crippen LogP contribution in [0.4, 0.5) is 11.4 Å². The van der Waals surface area contributed by atoms with Crippen LogP contribution in [0.15, 0.2) is 24.3 Å². The van der Waals surface area contributed by atoms with Crippen molar-refractivity contribution in [2.75, 3.05) is 36.8 Å². The SMILES string of the molecule is CCN(CC(=O)Nc1ccc(NC(C)=O)cc1)[C@H](C)C(=O)N1C[C@H](C)C[C@H](C)C1. The molecule has 1 heterocycles. The Morgan fingerprint density at radius 3 is 2.07 bits per heavy atom. The zero-order chi connectivity index (χ0) is 21.6. The molecule has 0 radical (unpaired) electrons. The smallest absolute Gasteiger partial charge is 0.239 e. The van der Waals surface area contributed by atoms with Crippen LogP contribution in [0.2, 0.25) is 0 Å². The predicted octanol–water partition coefficient (Wildman–Crippen LogP) is 2.80. The molecule has 7 nitrogen and oxygen atoms in total. The Morgan fingerprint density at radius 2 is 1.59 bits per heavy atom. The Balaban J connectivity index is 1.92. The van der Waals surface area contributed by atoms with E-state index in [4.69, 9.17) is 0 Å². The number of nitrogens with one attached hydrogen (secondary N) is 2. The van der Waals surface area contributed by atoms with Gasteiger partial charge in [-0.2, -0.15) is 0 Å². The van der Waals surface area contributed by atoms with Crippen molar-refractivity contribution < 1.29 is 14.4 Å². The van der Waals surface area contributed by atoms with Crippen LogP contribution in [0.25, 0.3) is 0 Å². The molecule has 1 fully saturated rings. The van der Waals surface area contributed by atoms with E-state index in [1.807, 2.05) is 23.6 Å². The van der Waals surface area contributed by atoms with Crippen LogP contribution in [0, 0.1) is 11.8 Å². The Morgan fingerprint density at radius 1 is 1.07 bits per heavy atom. The van der Waals surface area contributed by atoms with E-state index in [9.17, 15) is 14.4 Å². The summed E-state index contributed by atoms with van der Waals surface area (Å²) in [6, 6.07) is 6.61. The van der Waals surface area contributed by atoms with Crippen LogP contribution in [0.5, 0.6) is 0 Å². The molecular weight excluding hydrogens is 368 g/mol. The number of hydrogen-bond donors (Lipinski definition) is 2. The van der Waals surface area contributed by atoms with Crippen molar-refractivity contribution in [3.63, 3.8) is 0 Å². The molecule has 160 valence electrons. The van der Waals surface area contributed by atoms with Crippen LogP contribution in [0.1, 0.15) is 41.0 Å². The van der Waals surface area contributed by atoms with Crippen LogP contribution < -0.4 is 10.6 Å².